The van der Waals surface area contributed by atoms with Crippen LogP contribution in [-0.2, 0) is 20.9 Å². The lowest BCUT2D eigenvalue weighted by Crippen LogP contribution is -2.44. The predicted octanol–water partition coefficient (Wildman–Crippen LogP) is 1.91. The van der Waals surface area contributed by atoms with Gasteiger partial charge in [0.2, 0.25) is 5.91 Å². The monoisotopic (exact) mass is 375 g/mol. The molecule has 27 heavy (non-hydrogen) atoms. The fraction of sp³-hybridized carbons (Fsp3) is 0.474. The van der Waals surface area contributed by atoms with Crippen molar-refractivity contribution in [1.29, 1.82) is 0 Å². The topological polar surface area (TPSA) is 78.0 Å². The van der Waals surface area contributed by atoms with E-state index in [1.165, 1.54) is 17.0 Å². The summed E-state index contributed by atoms with van der Waals surface area (Å²) in [7, 11) is 0. The Morgan fingerprint density at radius 1 is 1.19 bits per heavy atom. The fourth-order valence-electron chi connectivity index (χ4n) is 3.61. The van der Waals surface area contributed by atoms with Gasteiger partial charge in [-0.1, -0.05) is 25.0 Å². The molecule has 5 amide bonds. The van der Waals surface area contributed by atoms with E-state index in [1.54, 1.807) is 19.1 Å². The Bertz CT molecular complexity index is 776. The Balaban J connectivity index is 1.69. The molecule has 1 aromatic carbocycles. The van der Waals surface area contributed by atoms with E-state index in [1.807, 2.05) is 0 Å². The highest BCUT2D eigenvalue weighted by molar-refractivity contribution is 6.45. The largest absolute Gasteiger partial charge is 0.337 e. The normalized spacial score (nSPS) is 17.9. The molecule has 0 radical (unpaired) electrons. The van der Waals surface area contributed by atoms with Crippen molar-refractivity contribution in [3.8, 4) is 0 Å². The molecule has 0 N–H and O–H groups in total. The first kappa shape index (κ1) is 19.0. The van der Waals surface area contributed by atoms with Crippen LogP contribution in [-0.4, -0.2) is 57.6 Å². The third kappa shape index (κ3) is 3.84. The van der Waals surface area contributed by atoms with Gasteiger partial charge in [0.1, 0.15) is 12.4 Å². The van der Waals surface area contributed by atoms with Crippen LogP contribution in [0.2, 0.25) is 0 Å². The van der Waals surface area contributed by atoms with Gasteiger partial charge in [0.05, 0.1) is 0 Å². The average Bonchev–Trinajstić information content (AvgIpc) is 3.23. The number of amides is 5. The molecule has 7 nitrogen and oxygen atoms in total. The molecule has 2 aliphatic rings. The zero-order valence-corrected chi connectivity index (χ0v) is 15.2. The van der Waals surface area contributed by atoms with Gasteiger partial charge in [0.15, 0.2) is 0 Å². The molecular formula is C19H22FN3O4. The molecule has 0 unspecified atom stereocenters. The molecule has 0 aromatic heterocycles. The van der Waals surface area contributed by atoms with Gasteiger partial charge in [-0.15, -0.1) is 0 Å². The summed E-state index contributed by atoms with van der Waals surface area (Å²) in [4.78, 5) is 52.7. The van der Waals surface area contributed by atoms with Gasteiger partial charge in [-0.25, -0.2) is 14.1 Å². The van der Waals surface area contributed by atoms with Crippen LogP contribution in [0.4, 0.5) is 9.18 Å². The summed E-state index contributed by atoms with van der Waals surface area (Å²) in [6.45, 7) is 1.74. The summed E-state index contributed by atoms with van der Waals surface area (Å²) in [6, 6.07) is 4.90. The SMILES string of the molecule is CCN(Cc1cccc(F)c1)C(=O)CN1C(=O)C(=O)N(C2CCCC2)C1=O. The third-order valence-corrected chi connectivity index (χ3v) is 5.06. The summed E-state index contributed by atoms with van der Waals surface area (Å²) in [6.07, 6.45) is 3.19. The first-order valence-electron chi connectivity index (χ1n) is 9.13. The second-order valence-corrected chi connectivity index (χ2v) is 6.83. The lowest BCUT2D eigenvalue weighted by Gasteiger charge is -2.24. The van der Waals surface area contributed by atoms with Crippen molar-refractivity contribution >= 4 is 23.8 Å². The van der Waals surface area contributed by atoms with Crippen LogP contribution in [0.3, 0.4) is 0 Å². The van der Waals surface area contributed by atoms with E-state index in [0.29, 0.717) is 24.9 Å². The summed E-state index contributed by atoms with van der Waals surface area (Å²) in [5.74, 6) is -2.68. The number of carbonyl (C=O) groups is 4. The Morgan fingerprint density at radius 3 is 2.52 bits per heavy atom. The lowest BCUT2D eigenvalue weighted by molar-refractivity contribution is -0.145. The van der Waals surface area contributed by atoms with Gasteiger partial charge in [-0.3, -0.25) is 19.3 Å². The molecule has 0 bridgehead atoms. The lowest BCUT2D eigenvalue weighted by atomic mass is 10.2. The second kappa shape index (κ2) is 7.85. The highest BCUT2D eigenvalue weighted by atomic mass is 19.1. The molecule has 1 aliphatic heterocycles. The van der Waals surface area contributed by atoms with Gasteiger partial charge in [0, 0.05) is 19.1 Å². The zero-order valence-electron chi connectivity index (χ0n) is 15.2. The molecule has 144 valence electrons. The highest BCUT2D eigenvalue weighted by Crippen LogP contribution is 2.27. The summed E-state index contributed by atoms with van der Waals surface area (Å²) < 4.78 is 13.3. The first-order chi connectivity index (χ1) is 12.9. The molecule has 1 saturated carbocycles. The summed E-state index contributed by atoms with van der Waals surface area (Å²) in [5.41, 5.74) is 0.605. The van der Waals surface area contributed by atoms with Gasteiger partial charge in [-0.2, -0.15) is 0 Å². The van der Waals surface area contributed by atoms with Gasteiger partial charge >= 0.3 is 17.8 Å². The summed E-state index contributed by atoms with van der Waals surface area (Å²) >= 11 is 0. The number of imide groups is 2. The van der Waals surface area contributed by atoms with E-state index in [-0.39, 0.29) is 12.6 Å². The molecule has 1 heterocycles. The maximum Gasteiger partial charge on any atom is 0.334 e. The van der Waals surface area contributed by atoms with E-state index in [2.05, 4.69) is 0 Å². The molecule has 1 aliphatic carbocycles. The van der Waals surface area contributed by atoms with E-state index < -0.39 is 36.1 Å². The third-order valence-electron chi connectivity index (χ3n) is 5.06. The Hall–Kier alpha value is -2.77. The van der Waals surface area contributed by atoms with Crippen molar-refractivity contribution in [2.24, 2.45) is 0 Å². The average molecular weight is 375 g/mol. The second-order valence-electron chi connectivity index (χ2n) is 6.83. The standard InChI is InChI=1S/C19H22FN3O4/c1-2-21(11-13-6-5-7-14(20)10-13)16(24)12-22-17(25)18(26)23(19(22)27)15-8-3-4-9-15/h5-7,10,15H,2-4,8-9,11-12H2,1H3. The quantitative estimate of drug-likeness (QED) is 0.562. The number of hydrogen-bond acceptors (Lipinski definition) is 4. The van der Waals surface area contributed by atoms with Crippen molar-refractivity contribution in [1.82, 2.24) is 14.7 Å². The Labute approximate surface area is 156 Å². The number of urea groups is 1. The van der Waals surface area contributed by atoms with Crippen LogP contribution < -0.4 is 0 Å². The number of benzene rings is 1. The summed E-state index contributed by atoms with van der Waals surface area (Å²) in [5, 5.41) is 0. The van der Waals surface area contributed by atoms with Crippen LogP contribution >= 0.6 is 0 Å². The number of likely N-dealkylation sites (N-methyl/N-ethyl adjacent to an activating group) is 1. The van der Waals surface area contributed by atoms with Crippen LogP contribution in [0.25, 0.3) is 0 Å². The van der Waals surface area contributed by atoms with Crippen molar-refractivity contribution in [3.63, 3.8) is 0 Å². The molecule has 1 saturated heterocycles. The fourth-order valence-corrected chi connectivity index (χ4v) is 3.61. The van der Waals surface area contributed by atoms with Crippen molar-refractivity contribution in [2.45, 2.75) is 45.2 Å². The molecule has 2 fully saturated rings. The number of rotatable bonds is 6. The number of carbonyl (C=O) groups excluding carboxylic acids is 4. The van der Waals surface area contributed by atoms with Crippen LogP contribution in [0, 0.1) is 5.82 Å². The van der Waals surface area contributed by atoms with Crippen LogP contribution in [0.5, 0.6) is 0 Å². The highest BCUT2D eigenvalue weighted by Gasteiger charge is 2.48. The molecular weight excluding hydrogens is 353 g/mol. The molecule has 3 rings (SSSR count). The van der Waals surface area contributed by atoms with E-state index in [0.717, 1.165) is 22.6 Å². The molecule has 8 heteroatoms. The molecule has 0 atom stereocenters. The maximum atomic E-state index is 13.3. The number of nitrogens with zero attached hydrogens (tertiary/aromatic N) is 3. The smallest absolute Gasteiger partial charge is 0.334 e. The van der Waals surface area contributed by atoms with Crippen LogP contribution in [0.15, 0.2) is 24.3 Å². The van der Waals surface area contributed by atoms with E-state index in [9.17, 15) is 23.6 Å². The molecule has 0 spiro atoms. The minimum absolute atomic E-state index is 0.156. The number of hydrogen-bond donors (Lipinski definition) is 0. The van der Waals surface area contributed by atoms with Crippen molar-refractivity contribution < 1.29 is 23.6 Å². The Kier molecular flexibility index (Phi) is 5.53. The maximum absolute atomic E-state index is 13.3. The van der Waals surface area contributed by atoms with Crippen molar-refractivity contribution in [2.75, 3.05) is 13.1 Å². The van der Waals surface area contributed by atoms with Crippen LogP contribution in [0.1, 0.15) is 38.2 Å². The zero-order chi connectivity index (χ0) is 19.6. The van der Waals surface area contributed by atoms with E-state index >= 15 is 0 Å². The predicted molar refractivity (Wildman–Crippen MR) is 93.7 cm³/mol. The van der Waals surface area contributed by atoms with Gasteiger partial charge < -0.3 is 4.90 Å². The minimum atomic E-state index is -0.956. The van der Waals surface area contributed by atoms with E-state index in [4.69, 9.17) is 0 Å². The minimum Gasteiger partial charge on any atom is -0.337 e. The number of halogens is 1. The molecule has 1 aromatic rings. The van der Waals surface area contributed by atoms with Gasteiger partial charge in [0.25, 0.3) is 0 Å². The van der Waals surface area contributed by atoms with Crippen molar-refractivity contribution in [3.05, 3.63) is 35.6 Å². The van der Waals surface area contributed by atoms with Gasteiger partial charge in [-0.05, 0) is 37.5 Å². The first-order valence-corrected chi connectivity index (χ1v) is 9.13. The Morgan fingerprint density at radius 2 is 1.89 bits per heavy atom.